The molecule has 2 nitrogen and oxygen atoms in total. The van der Waals surface area contributed by atoms with E-state index in [9.17, 15) is 0 Å². The summed E-state index contributed by atoms with van der Waals surface area (Å²) in [6.07, 6.45) is 6.45. The summed E-state index contributed by atoms with van der Waals surface area (Å²) in [4.78, 5) is 6.08. The number of hydrogen-bond acceptors (Lipinski definition) is 2. The van der Waals surface area contributed by atoms with E-state index in [1.54, 1.807) is 0 Å². The third kappa shape index (κ3) is 3.93. The van der Waals surface area contributed by atoms with Crippen LogP contribution in [0, 0.1) is 5.92 Å². The molecule has 1 aliphatic carbocycles. The Morgan fingerprint density at radius 3 is 2.15 bits per heavy atom. The largest absolute Gasteiger partial charge is 0.286 e. The molecule has 1 unspecified atom stereocenters. The van der Waals surface area contributed by atoms with E-state index in [-0.39, 0.29) is 5.60 Å². The summed E-state index contributed by atoms with van der Waals surface area (Å²) in [5.41, 5.74) is 0.923. The van der Waals surface area contributed by atoms with Crippen molar-refractivity contribution in [3.63, 3.8) is 0 Å². The van der Waals surface area contributed by atoms with Crippen molar-refractivity contribution >= 4 is 8.32 Å². The van der Waals surface area contributed by atoms with Gasteiger partial charge in [-0.1, -0.05) is 49.6 Å². The molecular weight excluding hydrogens is 264 g/mol. The first-order valence-electron chi connectivity index (χ1n) is 7.84. The Bertz CT molecular complexity index is 407. The van der Waals surface area contributed by atoms with Crippen LogP contribution in [0.15, 0.2) is 30.3 Å². The van der Waals surface area contributed by atoms with Crippen LogP contribution in [0.25, 0.3) is 0 Å². The predicted molar refractivity (Wildman–Crippen MR) is 85.9 cm³/mol. The number of hydrogen-bond donors (Lipinski definition) is 0. The van der Waals surface area contributed by atoms with Crippen LogP contribution in [-0.2, 0) is 15.1 Å². The van der Waals surface area contributed by atoms with Crippen molar-refractivity contribution in [1.82, 2.24) is 0 Å². The molecule has 0 heterocycles. The fraction of sp³-hybridized carbons (Fsp3) is 0.647. The first kappa shape index (κ1) is 15.7. The lowest BCUT2D eigenvalue weighted by Crippen LogP contribution is -2.40. The average molecular weight is 292 g/mol. The number of rotatable bonds is 5. The lowest BCUT2D eigenvalue weighted by atomic mass is 9.74. The fourth-order valence-corrected chi connectivity index (χ4v) is 3.41. The summed E-state index contributed by atoms with van der Waals surface area (Å²) >= 11 is 0. The summed E-state index contributed by atoms with van der Waals surface area (Å²) in [6, 6.07) is 10.6. The number of benzene rings is 1. The normalized spacial score (nSPS) is 20.6. The molecule has 0 aliphatic heterocycles. The fourth-order valence-electron chi connectivity index (χ4n) is 2.99. The minimum absolute atomic E-state index is 0.317. The predicted octanol–water partition coefficient (Wildman–Crippen LogP) is 5.27. The highest BCUT2D eigenvalue weighted by molar-refractivity contribution is 6.69. The van der Waals surface area contributed by atoms with E-state index in [4.69, 9.17) is 9.46 Å². The van der Waals surface area contributed by atoms with Gasteiger partial charge in [0.15, 0.2) is 0 Å². The second-order valence-electron chi connectivity index (χ2n) is 7.09. The smallest absolute Gasteiger partial charge is 0.230 e. The molecule has 0 aromatic heterocycles. The zero-order chi connectivity index (χ0) is 14.6. The molecule has 1 aromatic carbocycles. The van der Waals surface area contributed by atoms with Crippen molar-refractivity contribution in [2.45, 2.75) is 64.3 Å². The summed E-state index contributed by atoms with van der Waals surface area (Å²) in [5, 5.41) is 0. The molecule has 0 bridgehead atoms. The molecule has 1 aliphatic rings. The molecule has 2 rings (SSSR count). The Morgan fingerprint density at radius 1 is 1.00 bits per heavy atom. The summed E-state index contributed by atoms with van der Waals surface area (Å²) in [5.74, 6) is 0.551. The van der Waals surface area contributed by atoms with Gasteiger partial charge < -0.3 is 0 Å². The van der Waals surface area contributed by atoms with Gasteiger partial charge in [0.2, 0.25) is 8.32 Å². The maximum Gasteiger partial charge on any atom is 0.230 e. The third-order valence-corrected chi connectivity index (χ3v) is 4.78. The molecule has 3 heteroatoms. The first-order valence-corrected chi connectivity index (χ1v) is 11.2. The Balaban J connectivity index is 2.22. The molecule has 0 saturated heterocycles. The minimum atomic E-state index is -1.69. The first-order chi connectivity index (χ1) is 9.42. The van der Waals surface area contributed by atoms with Crippen LogP contribution in [0.4, 0.5) is 0 Å². The van der Waals surface area contributed by atoms with E-state index in [2.05, 4.69) is 56.9 Å². The highest BCUT2D eigenvalue weighted by atomic mass is 28.4. The lowest BCUT2D eigenvalue weighted by Gasteiger charge is -2.40. The Morgan fingerprint density at radius 2 is 1.60 bits per heavy atom. The van der Waals surface area contributed by atoms with Gasteiger partial charge in [-0.15, -0.1) is 0 Å². The molecule has 1 saturated carbocycles. The molecule has 0 radical (unpaired) electrons. The van der Waals surface area contributed by atoms with Gasteiger partial charge in [0, 0.05) is 0 Å². The summed E-state index contributed by atoms with van der Waals surface area (Å²) in [7, 11) is -1.69. The van der Waals surface area contributed by atoms with Gasteiger partial charge in [-0.05, 0) is 50.9 Å². The summed E-state index contributed by atoms with van der Waals surface area (Å²) < 4.78 is 5.84. The molecule has 112 valence electrons. The zero-order valence-corrected chi connectivity index (χ0v) is 14.3. The summed E-state index contributed by atoms with van der Waals surface area (Å²) in [6.45, 7) is 8.70. The Labute approximate surface area is 124 Å². The molecule has 1 aromatic rings. The molecular formula is C17H28O2Si. The van der Waals surface area contributed by atoms with E-state index in [1.165, 1.54) is 37.7 Å². The third-order valence-electron chi connectivity index (χ3n) is 4.20. The maximum atomic E-state index is 6.08. The van der Waals surface area contributed by atoms with Crippen LogP contribution in [0.1, 0.15) is 44.6 Å². The van der Waals surface area contributed by atoms with Gasteiger partial charge in [-0.2, -0.15) is 0 Å². The topological polar surface area (TPSA) is 18.5 Å². The quantitative estimate of drug-likeness (QED) is 0.418. The van der Waals surface area contributed by atoms with E-state index in [1.807, 2.05) is 0 Å². The SMILES string of the molecule is CC(OO[Si](C)(C)C)(c1ccccc1)C1CCCCC1. The monoisotopic (exact) mass is 292 g/mol. The van der Waals surface area contributed by atoms with E-state index in [0.29, 0.717) is 5.92 Å². The second-order valence-corrected chi connectivity index (χ2v) is 11.5. The standard InChI is InChI=1S/C17H28O2Si/c1-17(18-19-20(2,3)4,15-11-7-5-8-12-15)16-13-9-6-10-14-16/h5,7-8,11-12,16H,6,9-10,13-14H2,1-4H3. The highest BCUT2D eigenvalue weighted by Gasteiger charge is 2.40. The van der Waals surface area contributed by atoms with Crippen molar-refractivity contribution in [3.8, 4) is 0 Å². The Hall–Kier alpha value is -0.643. The van der Waals surface area contributed by atoms with Gasteiger partial charge in [0.25, 0.3) is 0 Å². The van der Waals surface area contributed by atoms with Crippen LogP contribution in [0.5, 0.6) is 0 Å². The van der Waals surface area contributed by atoms with Gasteiger partial charge in [-0.25, -0.2) is 4.89 Å². The molecule has 1 atom stereocenters. The molecule has 0 amide bonds. The zero-order valence-electron chi connectivity index (χ0n) is 13.3. The van der Waals surface area contributed by atoms with Gasteiger partial charge in [-0.3, -0.25) is 4.58 Å². The lowest BCUT2D eigenvalue weighted by molar-refractivity contribution is -0.320. The minimum Gasteiger partial charge on any atom is -0.286 e. The van der Waals surface area contributed by atoms with E-state index < -0.39 is 8.32 Å². The maximum absolute atomic E-state index is 6.08. The van der Waals surface area contributed by atoms with Crippen molar-refractivity contribution in [3.05, 3.63) is 35.9 Å². The van der Waals surface area contributed by atoms with Crippen molar-refractivity contribution in [2.24, 2.45) is 5.92 Å². The van der Waals surface area contributed by atoms with E-state index in [0.717, 1.165) is 0 Å². The van der Waals surface area contributed by atoms with Crippen LogP contribution in [0.3, 0.4) is 0 Å². The molecule has 1 fully saturated rings. The van der Waals surface area contributed by atoms with Crippen LogP contribution >= 0.6 is 0 Å². The van der Waals surface area contributed by atoms with Crippen LogP contribution < -0.4 is 0 Å². The Kier molecular flexibility index (Phi) is 5.05. The average Bonchev–Trinajstić information content (AvgIpc) is 2.46. The van der Waals surface area contributed by atoms with Crippen LogP contribution in [-0.4, -0.2) is 8.32 Å². The van der Waals surface area contributed by atoms with Crippen molar-refractivity contribution < 1.29 is 9.46 Å². The van der Waals surface area contributed by atoms with Gasteiger partial charge in [0.1, 0.15) is 5.60 Å². The molecule has 20 heavy (non-hydrogen) atoms. The van der Waals surface area contributed by atoms with E-state index >= 15 is 0 Å². The molecule has 0 spiro atoms. The highest BCUT2D eigenvalue weighted by Crippen LogP contribution is 2.42. The second kappa shape index (κ2) is 6.42. The van der Waals surface area contributed by atoms with Gasteiger partial charge >= 0.3 is 0 Å². The van der Waals surface area contributed by atoms with Crippen molar-refractivity contribution in [1.29, 1.82) is 0 Å². The van der Waals surface area contributed by atoms with Gasteiger partial charge in [0.05, 0.1) is 0 Å². The molecule has 0 N–H and O–H groups in total. The van der Waals surface area contributed by atoms with Crippen LogP contribution in [0.2, 0.25) is 19.6 Å². The van der Waals surface area contributed by atoms with Crippen molar-refractivity contribution in [2.75, 3.05) is 0 Å².